The third-order valence-electron chi connectivity index (χ3n) is 14.4. The number of hydroxylamine groups is 2. The van der Waals surface area contributed by atoms with Crippen molar-refractivity contribution in [1.82, 2.24) is 0 Å². The first-order chi connectivity index (χ1) is 30.9. The summed E-state index contributed by atoms with van der Waals surface area (Å²) < 4.78 is 45.9. The van der Waals surface area contributed by atoms with E-state index in [2.05, 4.69) is 0 Å². The van der Waals surface area contributed by atoms with Gasteiger partial charge in [-0.2, -0.15) is 0 Å². The van der Waals surface area contributed by atoms with E-state index in [1.807, 2.05) is 0 Å². The molecule has 374 valence electrons. The van der Waals surface area contributed by atoms with Crippen LogP contribution in [-0.2, 0) is 38.0 Å². The Morgan fingerprint density at radius 2 is 1.34 bits per heavy atom. The monoisotopic (exact) mass is 942 g/mol. The lowest BCUT2D eigenvalue weighted by Crippen LogP contribution is -3.09. The van der Waals surface area contributed by atoms with Gasteiger partial charge in [-0.3, -0.25) is 0 Å². The number of esters is 1. The van der Waals surface area contributed by atoms with Crippen molar-refractivity contribution < 1.29 is 114 Å². The van der Waals surface area contributed by atoms with Gasteiger partial charge < -0.3 is 104 Å². The second-order valence-corrected chi connectivity index (χ2v) is 18.8. The van der Waals surface area contributed by atoms with Gasteiger partial charge in [0.15, 0.2) is 31.1 Å². The number of nitrogens with one attached hydrogen (secondary N) is 1. The molecule has 7 fully saturated rings. The first-order valence-electron chi connectivity index (χ1n) is 22.7. The number of hydrogen-bond donors (Lipinski definition) is 14. The molecule has 0 bridgehead atoms. The molecule has 0 aromatic heterocycles. The summed E-state index contributed by atoms with van der Waals surface area (Å²) in [5.74, 6) is -1.68. The van der Waals surface area contributed by atoms with Gasteiger partial charge in [0.2, 0.25) is 0 Å². The van der Waals surface area contributed by atoms with Gasteiger partial charge in [-0.05, 0) is 44.4 Å². The van der Waals surface area contributed by atoms with E-state index in [0.717, 1.165) is 0 Å². The van der Waals surface area contributed by atoms with Crippen molar-refractivity contribution in [3.8, 4) is 0 Å². The Labute approximate surface area is 373 Å². The summed E-state index contributed by atoms with van der Waals surface area (Å²) in [4.78, 5) is 12.6. The van der Waals surface area contributed by atoms with Crippen molar-refractivity contribution in [3.63, 3.8) is 0 Å². The quantitative estimate of drug-likeness (QED) is 0.0353. The number of hydrogen-bond acceptors (Lipinski definition) is 22. The largest absolute Gasteiger partial charge is 0.600 e. The van der Waals surface area contributed by atoms with Crippen LogP contribution < -0.4 is 5.23 Å². The Morgan fingerprint density at radius 3 is 2.05 bits per heavy atom. The highest BCUT2D eigenvalue weighted by molar-refractivity contribution is 5.81. The molecule has 0 amide bonds. The highest BCUT2D eigenvalue weighted by Gasteiger charge is 2.56. The van der Waals surface area contributed by atoms with Gasteiger partial charge in [-0.1, -0.05) is 6.08 Å². The number of allylic oxidation sites excluding steroid dienone is 1. The molecule has 4 aliphatic heterocycles. The van der Waals surface area contributed by atoms with Gasteiger partial charge in [0.25, 0.3) is 0 Å². The van der Waals surface area contributed by atoms with Gasteiger partial charge in [0, 0.05) is 37.7 Å². The van der Waals surface area contributed by atoms with Crippen LogP contribution in [-0.4, -0.2) is 232 Å². The number of rotatable bonds is 13. The van der Waals surface area contributed by atoms with Crippen molar-refractivity contribution in [1.29, 1.82) is 0 Å². The van der Waals surface area contributed by atoms with E-state index in [1.54, 1.807) is 6.08 Å². The lowest BCUT2D eigenvalue weighted by molar-refractivity contribution is -1.07. The molecule has 0 radical (unpaired) electrons. The molecule has 24 nitrogen and oxygen atoms in total. The van der Waals surface area contributed by atoms with Crippen molar-refractivity contribution in [2.45, 2.75) is 199 Å². The minimum atomic E-state index is -1.91. The zero-order chi connectivity index (χ0) is 46.9. The summed E-state index contributed by atoms with van der Waals surface area (Å²) in [5, 5.41) is 149. The third-order valence-corrected chi connectivity index (χ3v) is 14.4. The average Bonchev–Trinajstić information content (AvgIpc) is 3.28. The van der Waals surface area contributed by atoms with E-state index in [0.29, 0.717) is 32.1 Å². The molecule has 3 saturated carbocycles. The Balaban J connectivity index is 1.04. The predicted molar refractivity (Wildman–Crippen MR) is 211 cm³/mol. The molecule has 7 rings (SSSR count). The van der Waals surface area contributed by atoms with E-state index >= 15 is 0 Å². The summed E-state index contributed by atoms with van der Waals surface area (Å²) in [5.41, 5.74) is 0. The van der Waals surface area contributed by atoms with E-state index in [4.69, 9.17) is 37.9 Å². The third kappa shape index (κ3) is 12.0. The normalized spacial score (nSPS) is 50.4. The fourth-order valence-corrected chi connectivity index (χ4v) is 10.4. The van der Waals surface area contributed by atoms with Gasteiger partial charge in [-0.15, -0.1) is 0 Å². The second-order valence-electron chi connectivity index (χ2n) is 18.8. The van der Waals surface area contributed by atoms with E-state index < -0.39 is 172 Å². The fraction of sp³-hybridized carbons (Fsp3) is 0.927. The number of carbonyl (C=O) groups excluding carboxylic acids is 1. The summed E-state index contributed by atoms with van der Waals surface area (Å²) in [7, 11) is 0. The Bertz CT molecular complexity index is 1540. The number of quaternary nitrogens is 1. The topological polar surface area (TPSA) is 385 Å². The average molecular weight is 943 g/mol. The van der Waals surface area contributed by atoms with Crippen LogP contribution in [0.4, 0.5) is 0 Å². The van der Waals surface area contributed by atoms with Crippen molar-refractivity contribution in [2.75, 3.05) is 19.8 Å². The van der Waals surface area contributed by atoms with Crippen molar-refractivity contribution >= 4 is 5.97 Å². The van der Waals surface area contributed by atoms with E-state index in [-0.39, 0.29) is 43.9 Å². The summed E-state index contributed by atoms with van der Waals surface area (Å²) in [6.07, 6.45) is -23.6. The van der Waals surface area contributed by atoms with Crippen LogP contribution in [0.1, 0.15) is 64.2 Å². The molecule has 0 spiro atoms. The maximum Gasteiger partial charge on any atom is 0.330 e. The Kier molecular flexibility index (Phi) is 17.6. The molecule has 3 aliphatic carbocycles. The minimum Gasteiger partial charge on any atom is -0.600 e. The van der Waals surface area contributed by atoms with Crippen LogP contribution >= 0.6 is 0 Å². The highest BCUT2D eigenvalue weighted by atomic mass is 16.8. The lowest BCUT2D eigenvalue weighted by Gasteiger charge is -2.49. The molecule has 4 saturated heterocycles. The molecule has 4 heterocycles. The van der Waals surface area contributed by atoms with Gasteiger partial charge in [0.1, 0.15) is 85.9 Å². The number of carbonyl (C=O) groups is 1. The smallest absolute Gasteiger partial charge is 0.330 e. The number of fused-ring (bicyclic) bond motifs is 1. The predicted octanol–water partition coefficient (Wildman–Crippen LogP) is -6.78. The van der Waals surface area contributed by atoms with Crippen molar-refractivity contribution in [2.24, 2.45) is 17.8 Å². The van der Waals surface area contributed by atoms with Crippen molar-refractivity contribution in [3.05, 3.63) is 17.4 Å². The maximum absolute atomic E-state index is 12.6. The van der Waals surface area contributed by atoms with Crippen LogP contribution in [0, 0.1) is 23.0 Å². The maximum atomic E-state index is 12.6. The van der Waals surface area contributed by atoms with Crippen LogP contribution in [0.5, 0.6) is 0 Å². The van der Waals surface area contributed by atoms with Gasteiger partial charge in [0.05, 0.1) is 43.5 Å². The first-order valence-corrected chi connectivity index (χ1v) is 22.7. The molecule has 65 heavy (non-hydrogen) atoms. The van der Waals surface area contributed by atoms with Crippen LogP contribution in [0.3, 0.4) is 0 Å². The molecule has 7 aliphatic rings. The van der Waals surface area contributed by atoms with E-state index in [1.165, 1.54) is 6.08 Å². The second kappa shape index (κ2) is 22.4. The highest BCUT2D eigenvalue weighted by Crippen LogP contribution is 2.43. The molecular weight excluding hydrogens is 874 g/mol. The first kappa shape index (κ1) is 51.2. The summed E-state index contributed by atoms with van der Waals surface area (Å²) in [6, 6.07) is -0.432. The number of aliphatic hydroxyl groups is 14. The number of aliphatic hydroxyl groups excluding tert-OH is 12. The molecular formula is C41H68NO23+. The Hall–Kier alpha value is -1.67. The van der Waals surface area contributed by atoms with Crippen LogP contribution in [0.25, 0.3) is 0 Å². The van der Waals surface area contributed by atoms with Crippen LogP contribution in [0.15, 0.2) is 12.2 Å². The van der Waals surface area contributed by atoms with E-state index in [9.17, 15) is 76.5 Å². The summed E-state index contributed by atoms with van der Waals surface area (Å²) >= 11 is 0. The van der Waals surface area contributed by atoms with Gasteiger partial charge >= 0.3 is 5.97 Å². The standard InChI is InChI=1S/C41H67NO23/c43-19-10-22(45)20-12-26(37(61-25(20)11-19)17-4-7-21(44)23(46)9-17)62-41-38(65-40-35(54)30(49)24(47)13-59-40)34(53)32(51)28(64-41)15-60-39-36(55)33(52)31(50)27(63-39)14-58-29(48)8-3-16-1-5-18(6-2-16)42(56)57/h3,8,16-28,30-47,49-56H,1-2,4-7,9-15H2/p+1. The molecule has 0 aromatic rings. The Morgan fingerprint density at radius 1 is 0.662 bits per heavy atom. The molecule has 24 atom stereocenters. The zero-order valence-electron chi connectivity index (χ0n) is 35.7. The minimum absolute atomic E-state index is 0.0339. The molecule has 15 N–H and O–H groups in total. The number of ether oxygens (including phenoxy) is 8. The van der Waals surface area contributed by atoms with Gasteiger partial charge in [-0.25, -0.2) is 15.2 Å². The molecule has 24 unspecified atom stereocenters. The lowest BCUT2D eigenvalue weighted by atomic mass is 9.72. The summed E-state index contributed by atoms with van der Waals surface area (Å²) in [6.45, 7) is -1.73. The SMILES string of the molecule is O=C(C=CC1CCC([NH+]([O-])O)CC1)OCC1OC(OCC2OC(OC3CC4C(O)CC(O)CC4[OH+]C3C3CCC(O)C(O)C3)C(OC3OCC(O)C(O)C3O)C(O)C2O)C(O)C(O)C1O. The fourth-order valence-electron chi connectivity index (χ4n) is 10.4. The zero-order valence-corrected chi connectivity index (χ0v) is 35.7. The molecule has 0 aromatic carbocycles. The molecule has 24 heteroatoms. The van der Waals surface area contributed by atoms with Crippen LogP contribution in [0.2, 0.25) is 0 Å².